The van der Waals surface area contributed by atoms with Crippen LogP contribution in [0.1, 0.15) is 46.6 Å². The molecule has 1 aliphatic rings. The Morgan fingerprint density at radius 3 is 2.78 bits per heavy atom. The fourth-order valence-electron chi connectivity index (χ4n) is 3.95. The predicted octanol–water partition coefficient (Wildman–Crippen LogP) is 4.13. The largest absolute Gasteiger partial charge is 0.452 e. The van der Waals surface area contributed by atoms with Crippen LogP contribution in [0.4, 0.5) is 5.69 Å². The van der Waals surface area contributed by atoms with Crippen molar-refractivity contribution in [3.05, 3.63) is 58.6 Å². The summed E-state index contributed by atoms with van der Waals surface area (Å²) in [5.74, 6) is -0.953. The van der Waals surface area contributed by atoms with Gasteiger partial charge in [0.15, 0.2) is 6.61 Å². The first-order chi connectivity index (χ1) is 15.4. The average molecular weight is 452 g/mol. The van der Waals surface area contributed by atoms with Crippen molar-refractivity contribution in [3.63, 3.8) is 0 Å². The van der Waals surface area contributed by atoms with E-state index in [4.69, 9.17) is 9.72 Å². The third kappa shape index (κ3) is 4.80. The summed E-state index contributed by atoms with van der Waals surface area (Å²) in [5.41, 5.74) is 2.37. The van der Waals surface area contributed by atoms with Crippen molar-refractivity contribution in [2.75, 3.05) is 25.0 Å². The van der Waals surface area contributed by atoms with E-state index in [1.165, 1.54) is 6.92 Å². The highest BCUT2D eigenvalue weighted by atomic mass is 32.1. The number of carbonyl (C=O) groups excluding carboxylic acids is 3. The van der Waals surface area contributed by atoms with Crippen LogP contribution in [0, 0.1) is 6.92 Å². The molecule has 2 aromatic carbocycles. The highest BCUT2D eigenvalue weighted by Crippen LogP contribution is 2.33. The molecule has 0 aliphatic carbocycles. The minimum Gasteiger partial charge on any atom is -0.452 e. The maximum absolute atomic E-state index is 12.8. The number of aryl methyl sites for hydroxylation is 1. The molecule has 1 atom stereocenters. The van der Waals surface area contributed by atoms with Crippen molar-refractivity contribution in [3.8, 4) is 0 Å². The maximum atomic E-state index is 12.8. The van der Waals surface area contributed by atoms with Gasteiger partial charge in [0.1, 0.15) is 0 Å². The van der Waals surface area contributed by atoms with Crippen LogP contribution in [0.5, 0.6) is 0 Å². The van der Waals surface area contributed by atoms with Gasteiger partial charge < -0.3 is 15.0 Å². The van der Waals surface area contributed by atoms with Crippen LogP contribution in [0.2, 0.25) is 0 Å². The molecule has 7 nitrogen and oxygen atoms in total. The number of thiazole rings is 1. The van der Waals surface area contributed by atoms with Crippen molar-refractivity contribution >= 4 is 45.0 Å². The van der Waals surface area contributed by atoms with E-state index in [9.17, 15) is 14.4 Å². The highest BCUT2D eigenvalue weighted by Gasteiger charge is 2.28. The van der Waals surface area contributed by atoms with Crippen molar-refractivity contribution in [2.45, 2.75) is 32.6 Å². The number of hydrogen-bond acceptors (Lipinski definition) is 6. The Morgan fingerprint density at radius 1 is 1.19 bits per heavy atom. The molecule has 8 heteroatoms. The van der Waals surface area contributed by atoms with Gasteiger partial charge >= 0.3 is 5.97 Å². The number of para-hydroxylation sites is 2. The summed E-state index contributed by atoms with van der Waals surface area (Å²) in [6.45, 7) is 4.04. The van der Waals surface area contributed by atoms with Crippen molar-refractivity contribution in [2.24, 2.45) is 0 Å². The van der Waals surface area contributed by atoms with E-state index < -0.39 is 5.97 Å². The summed E-state index contributed by atoms with van der Waals surface area (Å²) in [4.78, 5) is 43.4. The van der Waals surface area contributed by atoms with Gasteiger partial charge in [0.25, 0.3) is 5.91 Å². The first-order valence-electron chi connectivity index (χ1n) is 10.6. The lowest BCUT2D eigenvalue weighted by molar-refractivity contribution is -0.135. The van der Waals surface area contributed by atoms with E-state index in [1.54, 1.807) is 41.4 Å². The SMILES string of the molecule is CC(=O)Nc1c(C)cccc1C(=O)OCC(=O)N1CCCC(c2nc3ccccc3s2)C1. The molecule has 32 heavy (non-hydrogen) atoms. The van der Waals surface area contributed by atoms with E-state index in [0.29, 0.717) is 18.8 Å². The third-order valence-electron chi connectivity index (χ3n) is 5.55. The zero-order chi connectivity index (χ0) is 22.7. The molecule has 1 aromatic heterocycles. The van der Waals surface area contributed by atoms with Crippen LogP contribution in [0.25, 0.3) is 10.2 Å². The fraction of sp³-hybridized carbons (Fsp3) is 0.333. The summed E-state index contributed by atoms with van der Waals surface area (Å²) in [7, 11) is 0. The molecule has 1 aliphatic heterocycles. The average Bonchev–Trinajstić information content (AvgIpc) is 3.23. The van der Waals surface area contributed by atoms with Crippen molar-refractivity contribution in [1.29, 1.82) is 0 Å². The van der Waals surface area contributed by atoms with Gasteiger partial charge in [-0.25, -0.2) is 9.78 Å². The Balaban J connectivity index is 1.39. The number of fused-ring (bicyclic) bond motifs is 1. The number of esters is 1. The minimum atomic E-state index is -0.634. The van der Waals surface area contributed by atoms with E-state index in [0.717, 1.165) is 33.6 Å². The van der Waals surface area contributed by atoms with Crippen LogP contribution >= 0.6 is 11.3 Å². The first-order valence-corrected chi connectivity index (χ1v) is 11.4. The van der Waals surface area contributed by atoms with Crippen molar-refractivity contribution in [1.82, 2.24) is 9.88 Å². The van der Waals surface area contributed by atoms with E-state index >= 15 is 0 Å². The lowest BCUT2D eigenvalue weighted by atomic mass is 9.99. The normalized spacial score (nSPS) is 16.1. The lowest BCUT2D eigenvalue weighted by Crippen LogP contribution is -2.41. The molecule has 0 saturated carbocycles. The van der Waals surface area contributed by atoms with Gasteiger partial charge in [0.2, 0.25) is 5.91 Å². The first kappa shape index (κ1) is 22.0. The number of nitrogens with zero attached hydrogens (tertiary/aromatic N) is 2. The number of nitrogens with one attached hydrogen (secondary N) is 1. The number of carbonyl (C=O) groups is 3. The molecule has 2 amide bonds. The van der Waals surface area contributed by atoms with Crippen LogP contribution in [0.3, 0.4) is 0 Å². The summed E-state index contributed by atoms with van der Waals surface area (Å²) >= 11 is 1.67. The molecule has 1 fully saturated rings. The number of hydrogen-bond donors (Lipinski definition) is 1. The molecular formula is C24H25N3O4S. The van der Waals surface area contributed by atoms with Gasteiger partial charge in [0, 0.05) is 25.9 Å². The molecule has 3 aromatic rings. The van der Waals surface area contributed by atoms with Crippen LogP contribution in [0.15, 0.2) is 42.5 Å². The standard InChI is InChI=1S/C24H25N3O4S/c1-15-7-5-9-18(22(15)25-16(2)28)24(30)31-14-21(29)27-12-6-8-17(13-27)23-26-19-10-3-4-11-20(19)32-23/h3-5,7,9-11,17H,6,8,12-14H2,1-2H3,(H,25,28). The Hall–Kier alpha value is -3.26. The Kier molecular flexibility index (Phi) is 6.50. The molecule has 0 spiro atoms. The van der Waals surface area contributed by atoms with Gasteiger partial charge in [-0.3, -0.25) is 9.59 Å². The number of amides is 2. The molecule has 1 N–H and O–H groups in total. The second-order valence-electron chi connectivity index (χ2n) is 7.95. The topological polar surface area (TPSA) is 88.6 Å². The van der Waals surface area contributed by atoms with Gasteiger partial charge in [-0.1, -0.05) is 24.3 Å². The molecule has 1 saturated heterocycles. The van der Waals surface area contributed by atoms with Gasteiger partial charge in [-0.15, -0.1) is 11.3 Å². The van der Waals surface area contributed by atoms with Gasteiger partial charge in [0.05, 0.1) is 26.5 Å². The quantitative estimate of drug-likeness (QED) is 0.590. The van der Waals surface area contributed by atoms with Crippen molar-refractivity contribution < 1.29 is 19.1 Å². The summed E-state index contributed by atoms with van der Waals surface area (Å²) in [6.07, 6.45) is 1.86. The molecule has 4 rings (SSSR count). The van der Waals surface area contributed by atoms with Crippen LogP contribution < -0.4 is 5.32 Å². The summed E-state index contributed by atoms with van der Waals surface area (Å²) < 4.78 is 6.46. The third-order valence-corrected chi connectivity index (χ3v) is 6.75. The number of rotatable bonds is 5. The summed E-state index contributed by atoms with van der Waals surface area (Å²) in [5, 5.41) is 3.71. The Morgan fingerprint density at radius 2 is 2.00 bits per heavy atom. The zero-order valence-corrected chi connectivity index (χ0v) is 18.9. The summed E-state index contributed by atoms with van der Waals surface area (Å²) in [6, 6.07) is 13.1. The molecular weight excluding hydrogens is 426 g/mol. The van der Waals surface area contributed by atoms with Crippen LogP contribution in [-0.2, 0) is 14.3 Å². The number of aromatic nitrogens is 1. The number of piperidine rings is 1. The monoisotopic (exact) mass is 451 g/mol. The van der Waals surface area contributed by atoms with E-state index in [1.807, 2.05) is 18.2 Å². The zero-order valence-electron chi connectivity index (χ0n) is 18.1. The second-order valence-corrected chi connectivity index (χ2v) is 9.02. The van der Waals surface area contributed by atoms with Gasteiger partial charge in [-0.05, 0) is 43.5 Å². The van der Waals surface area contributed by atoms with E-state index in [-0.39, 0.29) is 29.9 Å². The predicted molar refractivity (Wildman–Crippen MR) is 124 cm³/mol. The minimum absolute atomic E-state index is 0.184. The fourth-order valence-corrected chi connectivity index (χ4v) is 5.04. The highest BCUT2D eigenvalue weighted by molar-refractivity contribution is 7.18. The molecule has 0 radical (unpaired) electrons. The van der Waals surface area contributed by atoms with Crippen LogP contribution in [-0.4, -0.2) is 47.4 Å². The number of likely N-dealkylation sites (tertiary alicyclic amines) is 1. The smallest absolute Gasteiger partial charge is 0.340 e. The van der Waals surface area contributed by atoms with Gasteiger partial charge in [-0.2, -0.15) is 0 Å². The number of anilines is 1. The molecule has 0 bridgehead atoms. The molecule has 1 unspecified atom stereocenters. The Bertz CT molecular complexity index is 1140. The molecule has 166 valence electrons. The lowest BCUT2D eigenvalue weighted by Gasteiger charge is -2.31. The number of ether oxygens (including phenoxy) is 1. The van der Waals surface area contributed by atoms with E-state index in [2.05, 4.69) is 11.4 Å². The maximum Gasteiger partial charge on any atom is 0.340 e. The Labute approximate surface area is 190 Å². The number of benzene rings is 2. The second kappa shape index (κ2) is 9.48. The molecule has 2 heterocycles.